The Bertz CT molecular complexity index is 635. The number of carboxylic acid groups (broad SMARTS) is 1. The summed E-state index contributed by atoms with van der Waals surface area (Å²) in [5, 5.41) is 9.33. The molecule has 0 bridgehead atoms. The van der Waals surface area contributed by atoms with Crippen LogP contribution >= 0.6 is 11.6 Å². The molecule has 5 heteroatoms. The number of carboxylic acids is 1. The van der Waals surface area contributed by atoms with Crippen molar-refractivity contribution in [2.45, 2.75) is 13.5 Å². The van der Waals surface area contributed by atoms with E-state index < -0.39 is 11.8 Å². The predicted molar refractivity (Wildman–Crippen MR) is 73.9 cm³/mol. The average Bonchev–Trinajstić information content (AvgIpc) is 2.37. The van der Waals surface area contributed by atoms with E-state index in [9.17, 15) is 9.18 Å². The van der Waals surface area contributed by atoms with Gasteiger partial charge in [-0.05, 0) is 36.8 Å². The Balaban J connectivity index is 2.27. The van der Waals surface area contributed by atoms with Crippen molar-refractivity contribution >= 4 is 17.6 Å². The summed E-state index contributed by atoms with van der Waals surface area (Å²) in [7, 11) is 0. The van der Waals surface area contributed by atoms with Crippen molar-refractivity contribution in [1.82, 2.24) is 0 Å². The average molecular weight is 295 g/mol. The Kier molecular flexibility index (Phi) is 4.25. The fourth-order valence-corrected chi connectivity index (χ4v) is 1.96. The molecule has 0 spiro atoms. The third-order valence-electron chi connectivity index (χ3n) is 2.80. The first kappa shape index (κ1) is 14.3. The van der Waals surface area contributed by atoms with Crippen molar-refractivity contribution in [2.24, 2.45) is 0 Å². The molecule has 2 aromatic rings. The Morgan fingerprint density at radius 2 is 2.10 bits per heavy atom. The minimum absolute atomic E-state index is 0.0306. The Labute approximate surface area is 120 Å². The maximum Gasteiger partial charge on any atom is 0.339 e. The van der Waals surface area contributed by atoms with E-state index in [1.165, 1.54) is 18.2 Å². The van der Waals surface area contributed by atoms with Gasteiger partial charge in [0.2, 0.25) is 0 Å². The van der Waals surface area contributed by atoms with Gasteiger partial charge in [-0.1, -0.05) is 23.7 Å². The van der Waals surface area contributed by atoms with E-state index in [0.717, 1.165) is 5.56 Å². The third-order valence-corrected chi connectivity index (χ3v) is 3.16. The molecular formula is C15H12ClFO3. The number of benzene rings is 2. The number of aromatic carboxylic acids is 1. The lowest BCUT2D eigenvalue weighted by Gasteiger charge is -2.11. The van der Waals surface area contributed by atoms with Crippen molar-refractivity contribution in [1.29, 1.82) is 0 Å². The molecule has 2 rings (SSSR count). The van der Waals surface area contributed by atoms with E-state index in [2.05, 4.69) is 0 Å². The molecular weight excluding hydrogens is 283 g/mol. The number of carbonyl (C=O) groups is 1. The van der Waals surface area contributed by atoms with E-state index in [1.54, 1.807) is 18.2 Å². The first-order chi connectivity index (χ1) is 9.49. The van der Waals surface area contributed by atoms with Gasteiger partial charge in [-0.25, -0.2) is 9.18 Å². The summed E-state index contributed by atoms with van der Waals surface area (Å²) in [4.78, 5) is 11.1. The zero-order valence-corrected chi connectivity index (χ0v) is 11.4. The molecule has 20 heavy (non-hydrogen) atoms. The van der Waals surface area contributed by atoms with Gasteiger partial charge in [0.25, 0.3) is 0 Å². The second-order valence-corrected chi connectivity index (χ2v) is 4.70. The lowest BCUT2D eigenvalue weighted by Crippen LogP contribution is -2.05. The van der Waals surface area contributed by atoms with Crippen LogP contribution in [0, 0.1) is 12.7 Å². The van der Waals surface area contributed by atoms with Gasteiger partial charge in [0.1, 0.15) is 23.7 Å². The number of hydrogen-bond acceptors (Lipinski definition) is 2. The fraction of sp³-hybridized carbons (Fsp3) is 0.133. The molecule has 2 aromatic carbocycles. The van der Waals surface area contributed by atoms with Gasteiger partial charge in [-0.2, -0.15) is 0 Å². The molecule has 104 valence electrons. The van der Waals surface area contributed by atoms with E-state index in [1.807, 2.05) is 6.92 Å². The second-order valence-electron chi connectivity index (χ2n) is 4.29. The molecule has 0 radical (unpaired) electrons. The molecule has 3 nitrogen and oxygen atoms in total. The van der Waals surface area contributed by atoms with E-state index in [-0.39, 0.29) is 28.5 Å². The van der Waals surface area contributed by atoms with Crippen molar-refractivity contribution in [2.75, 3.05) is 0 Å². The molecule has 0 saturated carbocycles. The zero-order valence-electron chi connectivity index (χ0n) is 10.7. The lowest BCUT2D eigenvalue weighted by atomic mass is 10.1. The fourth-order valence-electron chi connectivity index (χ4n) is 1.75. The maximum atomic E-state index is 13.6. The van der Waals surface area contributed by atoms with Crippen LogP contribution in [0.25, 0.3) is 0 Å². The van der Waals surface area contributed by atoms with Gasteiger partial charge in [-0.15, -0.1) is 0 Å². The molecule has 0 atom stereocenters. The smallest absolute Gasteiger partial charge is 0.339 e. The standard InChI is InChI=1S/C15H12ClFO3/c1-9-5-6-10(15(18)19)14(7-9)20-8-11-12(16)3-2-4-13(11)17/h2-7H,8H2,1H3,(H,18,19). The van der Waals surface area contributed by atoms with Crippen LogP contribution in [0.5, 0.6) is 5.75 Å². The molecule has 0 aliphatic rings. The highest BCUT2D eigenvalue weighted by Gasteiger charge is 2.13. The number of hydrogen-bond donors (Lipinski definition) is 1. The van der Waals surface area contributed by atoms with E-state index >= 15 is 0 Å². The van der Waals surface area contributed by atoms with Crippen LogP contribution in [-0.2, 0) is 6.61 Å². The number of rotatable bonds is 4. The number of aryl methyl sites for hydroxylation is 1. The highest BCUT2D eigenvalue weighted by atomic mass is 35.5. The van der Waals surface area contributed by atoms with Gasteiger partial charge >= 0.3 is 5.97 Å². The first-order valence-electron chi connectivity index (χ1n) is 5.88. The van der Waals surface area contributed by atoms with Crippen LogP contribution in [0.2, 0.25) is 5.02 Å². The van der Waals surface area contributed by atoms with Gasteiger partial charge in [-0.3, -0.25) is 0 Å². The van der Waals surface area contributed by atoms with Crippen LogP contribution in [0.1, 0.15) is 21.5 Å². The molecule has 0 fully saturated rings. The molecule has 0 amide bonds. The zero-order chi connectivity index (χ0) is 14.7. The summed E-state index contributed by atoms with van der Waals surface area (Å²) in [6, 6.07) is 9.05. The summed E-state index contributed by atoms with van der Waals surface area (Å²) in [5.74, 6) is -1.39. The number of halogens is 2. The second kappa shape index (κ2) is 5.92. The molecule has 1 N–H and O–H groups in total. The molecule has 0 aliphatic heterocycles. The van der Waals surface area contributed by atoms with Crippen LogP contribution in [0.3, 0.4) is 0 Å². The Morgan fingerprint density at radius 3 is 2.75 bits per heavy atom. The molecule has 0 saturated heterocycles. The Morgan fingerprint density at radius 1 is 1.35 bits per heavy atom. The summed E-state index contributed by atoms with van der Waals surface area (Å²) in [6.45, 7) is 1.68. The largest absolute Gasteiger partial charge is 0.488 e. The van der Waals surface area contributed by atoms with Gasteiger partial charge < -0.3 is 9.84 Å². The quantitative estimate of drug-likeness (QED) is 0.925. The third kappa shape index (κ3) is 3.08. The van der Waals surface area contributed by atoms with Crippen LogP contribution in [-0.4, -0.2) is 11.1 Å². The first-order valence-corrected chi connectivity index (χ1v) is 6.26. The molecule has 0 unspecified atom stereocenters. The monoisotopic (exact) mass is 294 g/mol. The van der Waals surface area contributed by atoms with Crippen LogP contribution in [0.4, 0.5) is 4.39 Å². The van der Waals surface area contributed by atoms with Crippen molar-refractivity contribution < 1.29 is 19.0 Å². The molecule has 0 heterocycles. The van der Waals surface area contributed by atoms with Crippen LogP contribution < -0.4 is 4.74 Å². The highest BCUT2D eigenvalue weighted by molar-refractivity contribution is 6.31. The molecule has 0 aliphatic carbocycles. The molecule has 0 aromatic heterocycles. The van der Waals surface area contributed by atoms with E-state index in [0.29, 0.717) is 0 Å². The van der Waals surface area contributed by atoms with Crippen molar-refractivity contribution in [3.05, 3.63) is 63.9 Å². The SMILES string of the molecule is Cc1ccc(C(=O)O)c(OCc2c(F)cccc2Cl)c1. The summed E-state index contributed by atoms with van der Waals surface area (Å²) >= 11 is 5.89. The summed E-state index contributed by atoms with van der Waals surface area (Å²) in [5.41, 5.74) is 1.08. The highest BCUT2D eigenvalue weighted by Crippen LogP contribution is 2.24. The van der Waals surface area contributed by atoms with Crippen molar-refractivity contribution in [3.8, 4) is 5.75 Å². The maximum absolute atomic E-state index is 13.6. The van der Waals surface area contributed by atoms with Crippen molar-refractivity contribution in [3.63, 3.8) is 0 Å². The van der Waals surface area contributed by atoms with Gasteiger partial charge in [0, 0.05) is 5.56 Å². The lowest BCUT2D eigenvalue weighted by molar-refractivity contribution is 0.0691. The Hall–Kier alpha value is -2.07. The minimum atomic E-state index is -1.10. The summed E-state index contributed by atoms with van der Waals surface area (Å²) in [6.07, 6.45) is 0. The number of ether oxygens (including phenoxy) is 1. The minimum Gasteiger partial charge on any atom is -0.488 e. The normalized spacial score (nSPS) is 10.3. The van der Waals surface area contributed by atoms with Crippen LogP contribution in [0.15, 0.2) is 36.4 Å². The van der Waals surface area contributed by atoms with Gasteiger partial charge in [0.15, 0.2) is 0 Å². The van der Waals surface area contributed by atoms with Gasteiger partial charge in [0.05, 0.1) is 5.02 Å². The van der Waals surface area contributed by atoms with E-state index in [4.69, 9.17) is 21.4 Å². The topological polar surface area (TPSA) is 46.5 Å². The predicted octanol–water partition coefficient (Wildman–Crippen LogP) is 4.06. The summed E-state index contributed by atoms with van der Waals surface area (Å²) < 4.78 is 19.0.